The lowest BCUT2D eigenvalue weighted by Gasteiger charge is -2.08. The predicted octanol–water partition coefficient (Wildman–Crippen LogP) is 3.93. The van der Waals surface area contributed by atoms with Crippen LogP contribution >= 0.6 is 0 Å². The Balaban J connectivity index is 1.63. The van der Waals surface area contributed by atoms with Crippen molar-refractivity contribution in [2.75, 3.05) is 11.9 Å². The molecule has 1 heterocycles. The molecule has 0 aliphatic heterocycles. The van der Waals surface area contributed by atoms with E-state index < -0.39 is 30.1 Å². The summed E-state index contributed by atoms with van der Waals surface area (Å²) in [4.78, 5) is 24.5. The molecule has 1 N–H and O–H groups in total. The maximum atomic E-state index is 13.2. The Hall–Kier alpha value is -3.55. The zero-order valence-corrected chi connectivity index (χ0v) is 16.8. The number of nitrogens with zero attached hydrogens (tertiary/aromatic N) is 2. The molecule has 1 amide bonds. The Kier molecular flexibility index (Phi) is 6.25. The summed E-state index contributed by atoms with van der Waals surface area (Å²) in [6.45, 7) is 5.38. The molecule has 0 spiro atoms. The molecule has 0 saturated carbocycles. The van der Waals surface area contributed by atoms with Crippen molar-refractivity contribution in [2.24, 2.45) is 0 Å². The fourth-order valence-corrected chi connectivity index (χ4v) is 2.99. The van der Waals surface area contributed by atoms with Crippen LogP contribution in [0.5, 0.6) is 0 Å². The first-order chi connectivity index (χ1) is 14.2. The highest BCUT2D eigenvalue weighted by Gasteiger charge is 2.21. The van der Waals surface area contributed by atoms with Crippen molar-refractivity contribution in [1.29, 1.82) is 0 Å². The lowest BCUT2D eigenvalue weighted by Crippen LogP contribution is -2.21. The number of halogens is 2. The third-order valence-corrected chi connectivity index (χ3v) is 4.58. The minimum absolute atomic E-state index is 0.0632. The number of nitrogens with one attached hydrogen (secondary N) is 1. The quantitative estimate of drug-likeness (QED) is 0.622. The summed E-state index contributed by atoms with van der Waals surface area (Å²) in [5.41, 5.74) is 3.66. The number of benzene rings is 2. The molecule has 1 aromatic heterocycles. The molecule has 0 radical (unpaired) electrons. The highest BCUT2D eigenvalue weighted by atomic mass is 19.2. The Bertz CT molecular complexity index is 1090. The van der Waals surface area contributed by atoms with E-state index in [1.54, 1.807) is 18.5 Å². The van der Waals surface area contributed by atoms with Gasteiger partial charge in [-0.3, -0.25) is 9.48 Å². The summed E-state index contributed by atoms with van der Waals surface area (Å²) in [6.07, 6.45) is 0. The fraction of sp³-hybridized carbons (Fsp3) is 0.227. The van der Waals surface area contributed by atoms with Crippen molar-refractivity contribution in [2.45, 2.75) is 27.3 Å². The van der Waals surface area contributed by atoms with Crippen LogP contribution in [-0.2, 0) is 16.1 Å². The van der Waals surface area contributed by atoms with E-state index in [9.17, 15) is 18.4 Å². The first-order valence-corrected chi connectivity index (χ1v) is 9.26. The number of aromatic nitrogens is 2. The van der Waals surface area contributed by atoms with Gasteiger partial charge in [-0.2, -0.15) is 5.10 Å². The maximum Gasteiger partial charge on any atom is 0.342 e. The number of ether oxygens (including phenoxy) is 1. The van der Waals surface area contributed by atoms with Crippen LogP contribution in [0.25, 0.3) is 0 Å². The Morgan fingerprint density at radius 1 is 1.03 bits per heavy atom. The summed E-state index contributed by atoms with van der Waals surface area (Å²) in [6, 6.07) is 10.9. The normalized spacial score (nSPS) is 10.7. The first-order valence-electron chi connectivity index (χ1n) is 9.26. The molecule has 3 rings (SSSR count). The zero-order chi connectivity index (χ0) is 21.8. The van der Waals surface area contributed by atoms with Crippen molar-refractivity contribution in [3.63, 3.8) is 0 Å². The molecule has 3 aromatic rings. The predicted molar refractivity (Wildman–Crippen MR) is 107 cm³/mol. The molecule has 2 aromatic carbocycles. The highest BCUT2D eigenvalue weighted by Crippen LogP contribution is 2.17. The van der Waals surface area contributed by atoms with Gasteiger partial charge in [0.2, 0.25) is 0 Å². The van der Waals surface area contributed by atoms with Crippen LogP contribution in [0.1, 0.15) is 32.9 Å². The van der Waals surface area contributed by atoms with Crippen molar-refractivity contribution < 1.29 is 23.1 Å². The van der Waals surface area contributed by atoms with Crippen molar-refractivity contribution in [3.05, 3.63) is 82.2 Å². The SMILES string of the molecule is Cc1ccc(Cn2nc(C)c(C(=O)OCC(=O)Nc3ccc(F)c(F)c3)c2C)cc1. The van der Waals surface area contributed by atoms with Crippen molar-refractivity contribution in [3.8, 4) is 0 Å². The molecule has 156 valence electrons. The topological polar surface area (TPSA) is 73.2 Å². The maximum absolute atomic E-state index is 13.2. The molecule has 0 aliphatic rings. The van der Waals surface area contributed by atoms with E-state index in [-0.39, 0.29) is 5.69 Å². The molecule has 30 heavy (non-hydrogen) atoms. The summed E-state index contributed by atoms with van der Waals surface area (Å²) in [7, 11) is 0. The molecule has 0 atom stereocenters. The van der Waals surface area contributed by atoms with Crippen molar-refractivity contribution in [1.82, 2.24) is 9.78 Å². The first kappa shape index (κ1) is 21.2. The van der Waals surface area contributed by atoms with Gasteiger partial charge >= 0.3 is 5.97 Å². The van der Waals surface area contributed by atoms with Crippen LogP contribution in [0, 0.1) is 32.4 Å². The van der Waals surface area contributed by atoms with Crippen LogP contribution in [0.15, 0.2) is 42.5 Å². The standard InChI is InChI=1S/C22H21F2N3O3/c1-13-4-6-16(7-5-13)11-27-15(3)21(14(2)26-27)22(29)30-12-20(28)25-17-8-9-18(23)19(24)10-17/h4-10H,11-12H2,1-3H3,(H,25,28). The van der Waals surface area contributed by atoms with E-state index in [4.69, 9.17) is 4.74 Å². The smallest absolute Gasteiger partial charge is 0.342 e. The fourth-order valence-electron chi connectivity index (χ4n) is 2.99. The molecule has 0 unspecified atom stereocenters. The highest BCUT2D eigenvalue weighted by molar-refractivity contribution is 5.96. The molecule has 0 saturated heterocycles. The second-order valence-corrected chi connectivity index (χ2v) is 6.94. The van der Waals surface area contributed by atoms with Gasteiger partial charge in [-0.25, -0.2) is 13.6 Å². The third kappa shape index (κ3) is 4.89. The van der Waals surface area contributed by atoms with E-state index in [1.165, 1.54) is 6.07 Å². The summed E-state index contributed by atoms with van der Waals surface area (Å²) in [5, 5.41) is 6.74. The van der Waals surface area contributed by atoms with Gasteiger partial charge in [-0.1, -0.05) is 29.8 Å². The van der Waals surface area contributed by atoms with E-state index >= 15 is 0 Å². The summed E-state index contributed by atoms with van der Waals surface area (Å²) >= 11 is 0. The lowest BCUT2D eigenvalue weighted by atomic mass is 10.1. The average molecular weight is 413 g/mol. The number of esters is 1. The minimum Gasteiger partial charge on any atom is -0.452 e. The number of amides is 1. The van der Waals surface area contributed by atoms with E-state index in [0.717, 1.165) is 23.3 Å². The molecule has 0 aliphatic carbocycles. The molecular formula is C22H21F2N3O3. The number of carbonyl (C=O) groups excluding carboxylic acids is 2. The van der Waals surface area contributed by atoms with Gasteiger partial charge in [0.25, 0.3) is 5.91 Å². The van der Waals surface area contributed by atoms with Gasteiger partial charge in [0.15, 0.2) is 18.2 Å². The number of aryl methyl sites for hydroxylation is 2. The van der Waals surface area contributed by atoms with E-state index in [2.05, 4.69) is 10.4 Å². The van der Waals surface area contributed by atoms with Gasteiger partial charge < -0.3 is 10.1 Å². The number of hydrogen-bond donors (Lipinski definition) is 1. The summed E-state index contributed by atoms with van der Waals surface area (Å²) < 4.78 is 32.9. The number of hydrogen-bond acceptors (Lipinski definition) is 4. The monoisotopic (exact) mass is 413 g/mol. The largest absolute Gasteiger partial charge is 0.452 e. The van der Waals surface area contributed by atoms with Gasteiger partial charge in [-0.05, 0) is 38.5 Å². The molecule has 8 heteroatoms. The Morgan fingerprint density at radius 3 is 2.40 bits per heavy atom. The Labute approximate surface area is 172 Å². The summed E-state index contributed by atoms with van der Waals surface area (Å²) in [5.74, 6) is -3.46. The average Bonchev–Trinajstić information content (AvgIpc) is 2.98. The van der Waals surface area contributed by atoms with Crippen LogP contribution in [0.2, 0.25) is 0 Å². The van der Waals surface area contributed by atoms with Gasteiger partial charge in [0, 0.05) is 11.8 Å². The molecule has 0 bridgehead atoms. The zero-order valence-electron chi connectivity index (χ0n) is 16.8. The van der Waals surface area contributed by atoms with Crippen molar-refractivity contribution >= 4 is 17.6 Å². The van der Waals surface area contributed by atoms with E-state index in [0.29, 0.717) is 23.5 Å². The van der Waals surface area contributed by atoms with E-state index in [1.807, 2.05) is 31.2 Å². The lowest BCUT2D eigenvalue weighted by molar-refractivity contribution is -0.119. The van der Waals surface area contributed by atoms with Crippen LogP contribution in [-0.4, -0.2) is 28.3 Å². The molecule has 0 fully saturated rings. The van der Waals surface area contributed by atoms with Gasteiger partial charge in [0.05, 0.1) is 17.9 Å². The van der Waals surface area contributed by atoms with Gasteiger partial charge in [-0.15, -0.1) is 0 Å². The van der Waals surface area contributed by atoms with Crippen LogP contribution in [0.3, 0.4) is 0 Å². The van der Waals surface area contributed by atoms with Crippen LogP contribution in [0.4, 0.5) is 14.5 Å². The minimum atomic E-state index is -1.09. The number of carbonyl (C=O) groups is 2. The molecular weight excluding hydrogens is 392 g/mol. The second kappa shape index (κ2) is 8.86. The Morgan fingerprint density at radius 2 is 1.73 bits per heavy atom. The second-order valence-electron chi connectivity index (χ2n) is 6.94. The van der Waals surface area contributed by atoms with Crippen LogP contribution < -0.4 is 5.32 Å². The number of rotatable bonds is 6. The number of anilines is 1. The van der Waals surface area contributed by atoms with Gasteiger partial charge in [0.1, 0.15) is 5.56 Å². The third-order valence-electron chi connectivity index (χ3n) is 4.58. The molecule has 6 nitrogen and oxygen atoms in total.